The van der Waals surface area contributed by atoms with Crippen LogP contribution in [0.4, 0.5) is 10.1 Å². The van der Waals surface area contributed by atoms with E-state index in [-0.39, 0.29) is 24.3 Å². The number of benzene rings is 1. The van der Waals surface area contributed by atoms with Gasteiger partial charge in [0.25, 0.3) is 0 Å². The van der Waals surface area contributed by atoms with Crippen molar-refractivity contribution in [2.24, 2.45) is 0 Å². The van der Waals surface area contributed by atoms with Gasteiger partial charge in [-0.25, -0.2) is 4.39 Å². The first-order valence-corrected chi connectivity index (χ1v) is 9.34. The van der Waals surface area contributed by atoms with Crippen LogP contribution in [0.1, 0.15) is 33.6 Å². The maximum Gasteiger partial charge on any atom is 0.311 e. The number of carbonyl (C=O) groups is 1. The third-order valence-electron chi connectivity index (χ3n) is 4.16. The summed E-state index contributed by atoms with van der Waals surface area (Å²) in [6.07, 6.45) is 8.95. The Kier molecular flexibility index (Phi) is 9.96. The van der Waals surface area contributed by atoms with Crippen molar-refractivity contribution in [2.45, 2.75) is 39.7 Å². The molecule has 4 nitrogen and oxygen atoms in total. The lowest BCUT2D eigenvalue weighted by molar-refractivity contribution is -0.139. The number of esters is 1. The maximum atomic E-state index is 13.3. The van der Waals surface area contributed by atoms with Crippen molar-refractivity contribution in [2.75, 3.05) is 19.1 Å². The fraction of sp³-hybridized carbons (Fsp3) is 0.348. The van der Waals surface area contributed by atoms with Crippen LogP contribution in [0.15, 0.2) is 72.1 Å². The van der Waals surface area contributed by atoms with Gasteiger partial charge in [0.05, 0.1) is 19.6 Å². The molecule has 0 aromatic heterocycles. The molecule has 0 spiro atoms. The molecule has 0 radical (unpaired) electrons. The van der Waals surface area contributed by atoms with Crippen molar-refractivity contribution in [1.29, 1.82) is 0 Å². The van der Waals surface area contributed by atoms with Crippen molar-refractivity contribution in [3.63, 3.8) is 0 Å². The number of nitrogens with zero attached hydrogens (tertiary/aromatic N) is 1. The smallest absolute Gasteiger partial charge is 0.311 e. The summed E-state index contributed by atoms with van der Waals surface area (Å²) in [5.74, 6) is -0.704. The monoisotopic (exact) mass is 387 g/mol. The first kappa shape index (κ1) is 23.4. The van der Waals surface area contributed by atoms with Gasteiger partial charge in [0.15, 0.2) is 0 Å². The molecule has 1 aliphatic carbocycles. The molecule has 0 saturated heterocycles. The molecule has 0 aliphatic heterocycles. The molecule has 1 aromatic carbocycles. The summed E-state index contributed by atoms with van der Waals surface area (Å²) in [4.78, 5) is 13.4. The van der Waals surface area contributed by atoms with Crippen LogP contribution in [-0.4, -0.2) is 26.3 Å². The highest BCUT2D eigenvalue weighted by Crippen LogP contribution is 2.26. The molecule has 5 heteroatoms. The number of ether oxygens (including phenoxy) is 2. The molecule has 1 aromatic rings. The van der Waals surface area contributed by atoms with Gasteiger partial charge >= 0.3 is 5.97 Å². The molecule has 0 fully saturated rings. The average Bonchev–Trinajstić information content (AvgIpc) is 2.73. The van der Waals surface area contributed by atoms with E-state index in [9.17, 15) is 9.18 Å². The molecule has 0 amide bonds. The molecule has 0 N–H and O–H groups in total. The zero-order valence-electron chi connectivity index (χ0n) is 17.4. The van der Waals surface area contributed by atoms with Crippen molar-refractivity contribution >= 4 is 11.7 Å². The second-order valence-electron chi connectivity index (χ2n) is 6.01. The number of carbonyl (C=O) groups excluding carboxylic acids is 1. The molecular weight excluding hydrogens is 357 g/mol. The van der Waals surface area contributed by atoms with E-state index < -0.39 is 0 Å². The molecule has 1 atom stereocenters. The Bertz CT molecular complexity index is 748. The van der Waals surface area contributed by atoms with Crippen molar-refractivity contribution in [3.05, 3.63) is 77.9 Å². The third-order valence-corrected chi connectivity index (χ3v) is 4.16. The average molecular weight is 387 g/mol. The predicted octanol–water partition coefficient (Wildman–Crippen LogP) is 5.54. The van der Waals surface area contributed by atoms with Crippen LogP contribution in [-0.2, 0) is 14.3 Å². The van der Waals surface area contributed by atoms with Gasteiger partial charge in [-0.2, -0.15) is 0 Å². The second kappa shape index (κ2) is 11.9. The minimum atomic E-state index is -0.382. The molecule has 1 unspecified atom stereocenters. The maximum absolute atomic E-state index is 13.3. The zero-order valence-corrected chi connectivity index (χ0v) is 17.4. The summed E-state index contributed by atoms with van der Waals surface area (Å²) in [6, 6.07) is 6.04. The SMILES string of the molecule is C=C(CC(=O)OC)N(/C=C(\C)C1=CCC(OC)C=C1)c1ccc(F)cc1.CC. The summed E-state index contributed by atoms with van der Waals surface area (Å²) in [7, 11) is 3.02. The Morgan fingerprint density at radius 2 is 1.93 bits per heavy atom. The van der Waals surface area contributed by atoms with Crippen LogP contribution < -0.4 is 4.90 Å². The summed E-state index contributed by atoms with van der Waals surface area (Å²) < 4.78 is 23.3. The van der Waals surface area contributed by atoms with Crippen LogP contribution in [0.5, 0.6) is 0 Å². The molecule has 2 rings (SSSR count). The number of methoxy groups -OCH3 is 2. The molecule has 152 valence electrons. The van der Waals surface area contributed by atoms with Crippen LogP contribution in [0.3, 0.4) is 0 Å². The lowest BCUT2D eigenvalue weighted by atomic mass is 9.99. The summed E-state index contributed by atoms with van der Waals surface area (Å²) in [6.45, 7) is 9.97. The summed E-state index contributed by atoms with van der Waals surface area (Å²) in [5.41, 5.74) is 3.31. The van der Waals surface area contributed by atoms with Gasteiger partial charge in [0.2, 0.25) is 0 Å². The van der Waals surface area contributed by atoms with Crippen LogP contribution >= 0.6 is 0 Å². The minimum absolute atomic E-state index is 0.0400. The Hall–Kier alpha value is -2.66. The Morgan fingerprint density at radius 1 is 1.29 bits per heavy atom. The van der Waals surface area contributed by atoms with E-state index in [4.69, 9.17) is 9.47 Å². The predicted molar refractivity (Wildman–Crippen MR) is 112 cm³/mol. The van der Waals surface area contributed by atoms with Crippen molar-refractivity contribution < 1.29 is 18.7 Å². The molecule has 0 heterocycles. The molecule has 28 heavy (non-hydrogen) atoms. The quantitative estimate of drug-likeness (QED) is 0.576. The van der Waals surface area contributed by atoms with Crippen LogP contribution in [0, 0.1) is 5.82 Å². The van der Waals surface area contributed by atoms with Gasteiger partial charge in [-0.1, -0.05) is 38.7 Å². The minimum Gasteiger partial charge on any atom is -0.469 e. The largest absolute Gasteiger partial charge is 0.469 e. The highest BCUT2D eigenvalue weighted by atomic mass is 19.1. The van der Waals surface area contributed by atoms with Gasteiger partial charge in [-0.05, 0) is 48.8 Å². The van der Waals surface area contributed by atoms with E-state index in [0.29, 0.717) is 5.70 Å². The lowest BCUT2D eigenvalue weighted by Gasteiger charge is -2.24. The zero-order chi connectivity index (χ0) is 21.1. The van der Waals surface area contributed by atoms with Crippen LogP contribution in [0.2, 0.25) is 0 Å². The van der Waals surface area contributed by atoms with E-state index in [0.717, 1.165) is 23.3 Å². The normalized spacial score (nSPS) is 15.9. The van der Waals surface area contributed by atoms with E-state index in [1.54, 1.807) is 24.1 Å². The number of anilines is 1. The van der Waals surface area contributed by atoms with E-state index in [1.807, 2.05) is 39.1 Å². The molecule has 1 aliphatic rings. The first-order valence-electron chi connectivity index (χ1n) is 9.34. The Labute approximate surface area is 167 Å². The first-order chi connectivity index (χ1) is 13.4. The number of hydrogen-bond donors (Lipinski definition) is 0. The lowest BCUT2D eigenvalue weighted by Crippen LogP contribution is -2.19. The van der Waals surface area contributed by atoms with Crippen molar-refractivity contribution in [3.8, 4) is 0 Å². The molecular formula is C23H30FNO3. The van der Waals surface area contributed by atoms with Gasteiger partial charge in [-0.3, -0.25) is 4.79 Å². The second-order valence-corrected chi connectivity index (χ2v) is 6.01. The summed E-state index contributed by atoms with van der Waals surface area (Å²) >= 11 is 0. The molecule has 0 saturated carbocycles. The van der Waals surface area contributed by atoms with Crippen molar-refractivity contribution in [1.82, 2.24) is 0 Å². The number of halogens is 1. The fourth-order valence-corrected chi connectivity index (χ4v) is 2.61. The highest BCUT2D eigenvalue weighted by Gasteiger charge is 2.15. The van der Waals surface area contributed by atoms with Gasteiger partial charge < -0.3 is 14.4 Å². The van der Waals surface area contributed by atoms with Gasteiger partial charge in [0.1, 0.15) is 5.82 Å². The number of hydrogen-bond acceptors (Lipinski definition) is 4. The van der Waals surface area contributed by atoms with Gasteiger partial charge in [-0.15, -0.1) is 0 Å². The number of rotatable bonds is 7. The van der Waals surface area contributed by atoms with Gasteiger partial charge in [0, 0.05) is 24.7 Å². The third kappa shape index (κ3) is 6.82. The van der Waals surface area contributed by atoms with E-state index in [2.05, 4.69) is 12.7 Å². The number of allylic oxidation sites excluding steroid dienone is 3. The Morgan fingerprint density at radius 3 is 2.43 bits per heavy atom. The molecule has 0 bridgehead atoms. The van der Waals surface area contributed by atoms with E-state index >= 15 is 0 Å². The van der Waals surface area contributed by atoms with E-state index in [1.165, 1.54) is 19.2 Å². The van der Waals surface area contributed by atoms with Crippen LogP contribution in [0.25, 0.3) is 0 Å². The topological polar surface area (TPSA) is 38.8 Å². The standard InChI is InChI=1S/C21H24FNO3.C2H6/c1-15(17-5-11-20(25-3)12-6-17)14-23(16(2)13-21(24)26-4)19-9-7-18(22)8-10-19;1-2/h5-11,14,20H,2,12-13H2,1,3-4H3;1-2H3/b15-14+;. The Balaban J connectivity index is 0.00000190. The summed E-state index contributed by atoms with van der Waals surface area (Å²) in [5, 5.41) is 0. The highest BCUT2D eigenvalue weighted by molar-refractivity contribution is 5.74. The fourth-order valence-electron chi connectivity index (χ4n) is 2.61.